The molecular formula is C22H26O. The minimum absolute atomic E-state index is 0.0108. The summed E-state index contributed by atoms with van der Waals surface area (Å²) in [5.41, 5.74) is 3.67. The molecule has 0 atom stereocenters. The predicted molar refractivity (Wildman–Crippen MR) is 97.9 cm³/mol. The van der Waals surface area contributed by atoms with Gasteiger partial charge in [-0.15, -0.1) is 0 Å². The van der Waals surface area contributed by atoms with Crippen molar-refractivity contribution in [2.24, 2.45) is 0 Å². The van der Waals surface area contributed by atoms with Gasteiger partial charge >= 0.3 is 0 Å². The fourth-order valence-corrected chi connectivity index (χ4v) is 2.40. The molecule has 1 heteroatoms. The molecule has 2 aromatic carbocycles. The Morgan fingerprint density at radius 2 is 1.39 bits per heavy atom. The summed E-state index contributed by atoms with van der Waals surface area (Å²) >= 11 is 0. The second-order valence-corrected chi connectivity index (χ2v) is 8.04. The molecule has 1 nitrogen and oxygen atoms in total. The molecule has 0 aromatic heterocycles. The maximum absolute atomic E-state index is 10.7. The van der Waals surface area contributed by atoms with Crippen LogP contribution in [0.25, 0.3) is 0 Å². The van der Waals surface area contributed by atoms with Crippen molar-refractivity contribution >= 4 is 0 Å². The van der Waals surface area contributed by atoms with Gasteiger partial charge in [-0.2, -0.15) is 0 Å². The number of hydrogen-bond donors (Lipinski definition) is 1. The highest BCUT2D eigenvalue weighted by Gasteiger charge is 2.24. The van der Waals surface area contributed by atoms with Crippen LogP contribution in [0.15, 0.2) is 42.5 Å². The average molecular weight is 306 g/mol. The SMILES string of the molecule is CC(C)(C)c1cc(C#Cc2ccccc2)c(O)c(C(C)(C)C)c1. The van der Waals surface area contributed by atoms with Crippen LogP contribution in [0.1, 0.15) is 63.8 Å². The molecule has 2 aromatic rings. The van der Waals surface area contributed by atoms with Crippen LogP contribution in [0.5, 0.6) is 5.75 Å². The van der Waals surface area contributed by atoms with E-state index in [1.807, 2.05) is 36.4 Å². The van der Waals surface area contributed by atoms with Gasteiger partial charge in [0.2, 0.25) is 0 Å². The standard InChI is InChI=1S/C22H26O/c1-21(2,3)18-14-17(13-12-16-10-8-7-9-11-16)20(23)19(15-18)22(4,5)6/h7-11,14-15,23H,1-6H3. The molecule has 0 aliphatic carbocycles. The summed E-state index contributed by atoms with van der Waals surface area (Å²) < 4.78 is 0. The van der Waals surface area contributed by atoms with Crippen LogP contribution in [-0.4, -0.2) is 5.11 Å². The fraction of sp³-hybridized carbons (Fsp3) is 0.364. The third-order valence-corrected chi connectivity index (χ3v) is 3.90. The molecule has 0 saturated heterocycles. The van der Waals surface area contributed by atoms with Crippen molar-refractivity contribution in [3.05, 3.63) is 64.7 Å². The monoisotopic (exact) mass is 306 g/mol. The third-order valence-electron chi connectivity index (χ3n) is 3.90. The number of hydrogen-bond acceptors (Lipinski definition) is 1. The molecule has 0 heterocycles. The molecule has 0 bridgehead atoms. The van der Waals surface area contributed by atoms with E-state index in [0.29, 0.717) is 11.3 Å². The zero-order chi connectivity index (χ0) is 17.3. The third kappa shape index (κ3) is 4.17. The molecule has 0 aliphatic rings. The van der Waals surface area contributed by atoms with Crippen molar-refractivity contribution in [1.82, 2.24) is 0 Å². The maximum atomic E-state index is 10.7. The molecule has 2 rings (SSSR count). The van der Waals surface area contributed by atoms with Gasteiger partial charge in [0.15, 0.2) is 0 Å². The second-order valence-electron chi connectivity index (χ2n) is 8.04. The van der Waals surface area contributed by atoms with Gasteiger partial charge in [0.05, 0.1) is 5.56 Å². The molecule has 0 saturated carbocycles. The molecule has 0 aliphatic heterocycles. The van der Waals surface area contributed by atoms with Gasteiger partial charge in [0, 0.05) is 11.1 Å². The van der Waals surface area contributed by atoms with Crippen molar-refractivity contribution < 1.29 is 5.11 Å². The molecule has 0 radical (unpaired) electrons. The molecular weight excluding hydrogens is 280 g/mol. The minimum Gasteiger partial charge on any atom is -0.506 e. The Morgan fingerprint density at radius 3 is 1.91 bits per heavy atom. The van der Waals surface area contributed by atoms with Gasteiger partial charge in [-0.25, -0.2) is 0 Å². The van der Waals surface area contributed by atoms with Crippen LogP contribution in [-0.2, 0) is 10.8 Å². The maximum Gasteiger partial charge on any atom is 0.134 e. The zero-order valence-electron chi connectivity index (χ0n) is 15.0. The molecule has 0 fully saturated rings. The summed E-state index contributed by atoms with van der Waals surface area (Å²) in [5.74, 6) is 6.60. The first-order valence-electron chi connectivity index (χ1n) is 8.04. The first-order chi connectivity index (χ1) is 10.6. The summed E-state index contributed by atoms with van der Waals surface area (Å²) in [4.78, 5) is 0. The topological polar surface area (TPSA) is 20.2 Å². The highest BCUT2D eigenvalue weighted by atomic mass is 16.3. The smallest absolute Gasteiger partial charge is 0.134 e. The molecule has 0 amide bonds. The van der Waals surface area contributed by atoms with E-state index in [-0.39, 0.29) is 10.8 Å². The van der Waals surface area contributed by atoms with Crippen LogP contribution in [0.2, 0.25) is 0 Å². The van der Waals surface area contributed by atoms with E-state index >= 15 is 0 Å². The zero-order valence-corrected chi connectivity index (χ0v) is 15.0. The van der Waals surface area contributed by atoms with Crippen LogP contribution in [0, 0.1) is 11.8 Å². The first-order valence-corrected chi connectivity index (χ1v) is 8.04. The summed E-state index contributed by atoms with van der Waals surface area (Å²) in [6.07, 6.45) is 0. The lowest BCUT2D eigenvalue weighted by Gasteiger charge is -2.26. The van der Waals surface area contributed by atoms with E-state index in [9.17, 15) is 5.11 Å². The molecule has 0 spiro atoms. The normalized spacial score (nSPS) is 11.7. The van der Waals surface area contributed by atoms with Gasteiger partial charge in [0.1, 0.15) is 5.75 Å². The summed E-state index contributed by atoms with van der Waals surface area (Å²) in [5, 5.41) is 10.7. The average Bonchev–Trinajstić information content (AvgIpc) is 2.44. The second kappa shape index (κ2) is 6.13. The summed E-state index contributed by atoms with van der Waals surface area (Å²) in [7, 11) is 0. The van der Waals surface area contributed by atoms with E-state index in [4.69, 9.17) is 0 Å². The van der Waals surface area contributed by atoms with Crippen LogP contribution in [0.3, 0.4) is 0 Å². The van der Waals surface area contributed by atoms with Gasteiger partial charge < -0.3 is 5.11 Å². The Labute approximate surface area is 140 Å². The highest BCUT2D eigenvalue weighted by molar-refractivity contribution is 5.56. The van der Waals surface area contributed by atoms with E-state index in [0.717, 1.165) is 11.1 Å². The van der Waals surface area contributed by atoms with Gasteiger partial charge in [0.25, 0.3) is 0 Å². The van der Waals surface area contributed by atoms with Crippen molar-refractivity contribution in [3.8, 4) is 17.6 Å². The first kappa shape index (κ1) is 17.2. The van der Waals surface area contributed by atoms with Gasteiger partial charge in [-0.1, -0.05) is 77.6 Å². The predicted octanol–water partition coefficient (Wildman–Crippen LogP) is 5.39. The lowest BCUT2D eigenvalue weighted by molar-refractivity contribution is 0.443. The summed E-state index contributed by atoms with van der Waals surface area (Å²) in [6.45, 7) is 12.9. The Balaban J connectivity index is 2.61. The Hall–Kier alpha value is -2.20. The largest absolute Gasteiger partial charge is 0.506 e. The number of phenolic OH excluding ortho intramolecular Hbond substituents is 1. The van der Waals surface area contributed by atoms with Crippen LogP contribution in [0.4, 0.5) is 0 Å². The lowest BCUT2D eigenvalue weighted by atomic mass is 9.79. The van der Waals surface area contributed by atoms with E-state index in [1.165, 1.54) is 5.56 Å². The number of benzene rings is 2. The van der Waals surface area contributed by atoms with E-state index < -0.39 is 0 Å². The minimum atomic E-state index is -0.130. The van der Waals surface area contributed by atoms with Crippen LogP contribution >= 0.6 is 0 Å². The molecule has 0 unspecified atom stereocenters. The molecule has 23 heavy (non-hydrogen) atoms. The van der Waals surface area contributed by atoms with E-state index in [2.05, 4.69) is 59.4 Å². The van der Waals surface area contributed by atoms with Crippen molar-refractivity contribution in [2.75, 3.05) is 0 Å². The Bertz CT molecular complexity index is 745. The Morgan fingerprint density at radius 1 is 0.783 bits per heavy atom. The van der Waals surface area contributed by atoms with Gasteiger partial charge in [-0.05, 0) is 34.6 Å². The van der Waals surface area contributed by atoms with Crippen molar-refractivity contribution in [1.29, 1.82) is 0 Å². The van der Waals surface area contributed by atoms with Crippen LogP contribution < -0.4 is 0 Å². The lowest BCUT2D eigenvalue weighted by Crippen LogP contribution is -2.17. The quantitative estimate of drug-likeness (QED) is 0.647. The number of aromatic hydroxyl groups is 1. The van der Waals surface area contributed by atoms with Gasteiger partial charge in [-0.3, -0.25) is 0 Å². The van der Waals surface area contributed by atoms with Crippen molar-refractivity contribution in [3.63, 3.8) is 0 Å². The molecule has 120 valence electrons. The summed E-state index contributed by atoms with van der Waals surface area (Å²) in [6, 6.07) is 14.0. The Kier molecular flexibility index (Phi) is 4.57. The highest BCUT2D eigenvalue weighted by Crippen LogP contribution is 2.37. The number of phenols is 1. The molecule has 1 N–H and O–H groups in total. The fourth-order valence-electron chi connectivity index (χ4n) is 2.40. The van der Waals surface area contributed by atoms with Crippen molar-refractivity contribution in [2.45, 2.75) is 52.4 Å². The number of rotatable bonds is 0. The van der Waals surface area contributed by atoms with E-state index in [1.54, 1.807) is 0 Å².